The molecule has 0 radical (unpaired) electrons. The van der Waals surface area contributed by atoms with Crippen LogP contribution in [-0.2, 0) is 23.7 Å². The molecule has 1 amide bonds. The number of aromatic nitrogens is 2. The first-order valence-corrected chi connectivity index (χ1v) is 8.90. The number of aliphatic hydroxyl groups is 1. The number of alkyl halides is 6. The molecule has 1 atom stereocenters. The first-order valence-electron chi connectivity index (χ1n) is 8.90. The lowest BCUT2D eigenvalue weighted by Crippen LogP contribution is -2.43. The lowest BCUT2D eigenvalue weighted by atomic mass is 10.0. The largest absolute Gasteiger partial charge is 0.417 e. The number of nitrogens with zero attached hydrogens (tertiary/aromatic N) is 3. The molecule has 0 aliphatic carbocycles. The van der Waals surface area contributed by atoms with Crippen molar-refractivity contribution in [3.05, 3.63) is 59.3 Å². The summed E-state index contributed by atoms with van der Waals surface area (Å²) in [6.45, 7) is 0.585. The Labute approximate surface area is 176 Å². The van der Waals surface area contributed by atoms with Gasteiger partial charge in [-0.1, -0.05) is 6.07 Å². The van der Waals surface area contributed by atoms with Gasteiger partial charge < -0.3 is 10.4 Å². The molecule has 0 aliphatic rings. The molecule has 0 aliphatic heterocycles. The number of fused-ring (bicyclic) bond motifs is 1. The fourth-order valence-electron chi connectivity index (χ4n) is 2.93. The molecule has 0 saturated carbocycles. The topological polar surface area (TPSA) is 90.9 Å². The second-order valence-electron chi connectivity index (χ2n) is 7.20. The minimum Gasteiger partial charge on any atom is -0.378 e. The number of halogens is 6. The van der Waals surface area contributed by atoms with E-state index in [4.69, 9.17) is 5.26 Å². The number of anilines is 1. The third-order valence-corrected chi connectivity index (χ3v) is 4.54. The predicted octanol–water partition coefficient (Wildman–Crippen LogP) is 4.34. The van der Waals surface area contributed by atoms with Crippen molar-refractivity contribution in [1.29, 1.82) is 5.26 Å². The van der Waals surface area contributed by atoms with E-state index in [1.54, 1.807) is 0 Å². The number of carbonyl (C=O) groups is 1. The average molecular weight is 456 g/mol. The van der Waals surface area contributed by atoms with Gasteiger partial charge in [-0.05, 0) is 37.3 Å². The summed E-state index contributed by atoms with van der Waals surface area (Å²) < 4.78 is 78.8. The Morgan fingerprint density at radius 2 is 1.81 bits per heavy atom. The number of carbonyl (C=O) groups excluding carboxylic acids is 1. The lowest BCUT2D eigenvalue weighted by molar-refractivity contribution is -0.138. The first-order chi connectivity index (χ1) is 14.7. The van der Waals surface area contributed by atoms with Gasteiger partial charge in [-0.3, -0.25) is 9.48 Å². The quantitative estimate of drug-likeness (QED) is 0.572. The maximum atomic E-state index is 13.1. The zero-order valence-electron chi connectivity index (χ0n) is 16.2. The van der Waals surface area contributed by atoms with E-state index in [-0.39, 0.29) is 11.2 Å². The summed E-state index contributed by atoms with van der Waals surface area (Å²) >= 11 is 0. The summed E-state index contributed by atoms with van der Waals surface area (Å²) in [5, 5.41) is 25.7. The minimum atomic E-state index is -4.83. The summed E-state index contributed by atoms with van der Waals surface area (Å²) in [6, 6.07) is 6.79. The van der Waals surface area contributed by atoms with Crippen LogP contribution in [0.15, 0.2) is 42.6 Å². The molecule has 0 saturated heterocycles. The van der Waals surface area contributed by atoms with Gasteiger partial charge in [0.05, 0.1) is 34.8 Å². The van der Waals surface area contributed by atoms with Crippen LogP contribution < -0.4 is 5.32 Å². The number of rotatable bonds is 4. The van der Waals surface area contributed by atoms with Crippen molar-refractivity contribution in [2.45, 2.75) is 31.4 Å². The third-order valence-electron chi connectivity index (χ3n) is 4.54. The molecule has 2 aromatic carbocycles. The molecule has 3 rings (SSSR count). The van der Waals surface area contributed by atoms with Crippen LogP contribution in [0.2, 0.25) is 0 Å². The first kappa shape index (κ1) is 23.1. The van der Waals surface area contributed by atoms with Crippen LogP contribution in [0.3, 0.4) is 0 Å². The molecular weight excluding hydrogens is 442 g/mol. The molecule has 1 aromatic heterocycles. The summed E-state index contributed by atoms with van der Waals surface area (Å²) in [7, 11) is 0. The van der Waals surface area contributed by atoms with Crippen LogP contribution in [-0.4, -0.2) is 26.4 Å². The maximum Gasteiger partial charge on any atom is 0.417 e. The van der Waals surface area contributed by atoms with Crippen molar-refractivity contribution in [3.8, 4) is 6.07 Å². The van der Waals surface area contributed by atoms with E-state index in [0.29, 0.717) is 11.5 Å². The van der Waals surface area contributed by atoms with Crippen molar-refractivity contribution >= 4 is 22.5 Å². The Morgan fingerprint density at radius 1 is 1.12 bits per heavy atom. The SMILES string of the molecule is C[C@](O)(Cn1cc2ccc(C(F)(F)F)cc2n1)C(=O)Nc1ccc(C#N)c(C(F)(F)F)c1. The molecule has 168 valence electrons. The van der Waals surface area contributed by atoms with Gasteiger partial charge in [-0.2, -0.15) is 36.7 Å². The Kier molecular flexibility index (Phi) is 5.65. The van der Waals surface area contributed by atoms with E-state index >= 15 is 0 Å². The van der Waals surface area contributed by atoms with E-state index in [1.165, 1.54) is 18.3 Å². The van der Waals surface area contributed by atoms with Gasteiger partial charge in [0.1, 0.15) is 0 Å². The molecule has 6 nitrogen and oxygen atoms in total. The zero-order valence-corrected chi connectivity index (χ0v) is 16.2. The van der Waals surface area contributed by atoms with Crippen LogP contribution in [0.25, 0.3) is 10.9 Å². The molecule has 1 heterocycles. The van der Waals surface area contributed by atoms with E-state index < -0.39 is 47.1 Å². The smallest absolute Gasteiger partial charge is 0.378 e. The average Bonchev–Trinajstić information content (AvgIpc) is 3.07. The monoisotopic (exact) mass is 456 g/mol. The van der Waals surface area contributed by atoms with E-state index in [9.17, 15) is 36.2 Å². The van der Waals surface area contributed by atoms with Gasteiger partial charge in [0, 0.05) is 17.3 Å². The normalized spacial score (nSPS) is 14.1. The zero-order chi connectivity index (χ0) is 23.9. The maximum absolute atomic E-state index is 13.1. The summed E-state index contributed by atoms with van der Waals surface area (Å²) in [5.74, 6) is -1.08. The van der Waals surface area contributed by atoms with Crippen molar-refractivity contribution in [1.82, 2.24) is 9.78 Å². The lowest BCUT2D eigenvalue weighted by Gasteiger charge is -2.22. The molecule has 0 spiro atoms. The van der Waals surface area contributed by atoms with Crippen molar-refractivity contribution < 1.29 is 36.2 Å². The minimum absolute atomic E-state index is 0.0158. The van der Waals surface area contributed by atoms with Gasteiger partial charge in [0.2, 0.25) is 0 Å². The third kappa shape index (κ3) is 4.83. The Hall–Kier alpha value is -3.59. The number of amides is 1. The molecule has 0 fully saturated rings. The number of hydrogen-bond donors (Lipinski definition) is 2. The van der Waals surface area contributed by atoms with Crippen molar-refractivity contribution in [2.24, 2.45) is 0 Å². The van der Waals surface area contributed by atoms with Crippen LogP contribution >= 0.6 is 0 Å². The Balaban J connectivity index is 1.81. The predicted molar refractivity (Wildman–Crippen MR) is 100 cm³/mol. The number of nitriles is 1. The molecular formula is C20H14F6N4O2. The second kappa shape index (κ2) is 7.83. The highest BCUT2D eigenvalue weighted by molar-refractivity contribution is 5.97. The summed E-state index contributed by atoms with van der Waals surface area (Å²) in [4.78, 5) is 12.5. The molecule has 0 bridgehead atoms. The van der Waals surface area contributed by atoms with Crippen LogP contribution in [0.4, 0.5) is 32.0 Å². The van der Waals surface area contributed by atoms with E-state index in [2.05, 4.69) is 10.4 Å². The van der Waals surface area contributed by atoms with Gasteiger partial charge >= 0.3 is 12.4 Å². The van der Waals surface area contributed by atoms with E-state index in [1.807, 2.05) is 0 Å². The van der Waals surface area contributed by atoms with Gasteiger partial charge in [-0.15, -0.1) is 0 Å². The van der Waals surface area contributed by atoms with Gasteiger partial charge in [-0.25, -0.2) is 0 Å². The van der Waals surface area contributed by atoms with Crippen molar-refractivity contribution in [2.75, 3.05) is 5.32 Å². The Morgan fingerprint density at radius 3 is 2.41 bits per heavy atom. The molecule has 3 aromatic rings. The standard InChI is InChI=1S/C20H14F6N4O2/c1-18(32,10-30-9-12-2-4-13(19(21,22)23)6-16(12)29-30)17(31)28-14-5-3-11(8-27)15(7-14)20(24,25)26/h2-7,9,32H,10H2,1H3,(H,28,31)/t18-/m0/s1. The van der Waals surface area contributed by atoms with Gasteiger partial charge in [0.25, 0.3) is 5.91 Å². The summed E-state index contributed by atoms with van der Waals surface area (Å²) in [5.41, 5.74) is -5.30. The van der Waals surface area contributed by atoms with E-state index in [0.717, 1.165) is 35.9 Å². The number of nitrogens with one attached hydrogen (secondary N) is 1. The fraction of sp³-hybridized carbons (Fsp3) is 0.250. The van der Waals surface area contributed by atoms with Crippen LogP contribution in [0.1, 0.15) is 23.6 Å². The van der Waals surface area contributed by atoms with Crippen LogP contribution in [0.5, 0.6) is 0 Å². The summed E-state index contributed by atoms with van der Waals surface area (Å²) in [6.07, 6.45) is -8.08. The van der Waals surface area contributed by atoms with Crippen molar-refractivity contribution in [3.63, 3.8) is 0 Å². The molecule has 32 heavy (non-hydrogen) atoms. The highest BCUT2D eigenvalue weighted by Gasteiger charge is 2.36. The highest BCUT2D eigenvalue weighted by Crippen LogP contribution is 2.34. The number of hydrogen-bond acceptors (Lipinski definition) is 4. The fourth-order valence-corrected chi connectivity index (χ4v) is 2.93. The second-order valence-corrected chi connectivity index (χ2v) is 7.20. The molecule has 0 unspecified atom stereocenters. The molecule has 2 N–H and O–H groups in total. The number of benzene rings is 2. The molecule has 12 heteroatoms. The van der Waals surface area contributed by atoms with Crippen LogP contribution in [0, 0.1) is 11.3 Å². The highest BCUT2D eigenvalue weighted by atomic mass is 19.4. The van der Waals surface area contributed by atoms with Gasteiger partial charge in [0.15, 0.2) is 5.60 Å². The Bertz CT molecular complexity index is 1220.